The molecule has 1 aromatic carbocycles. The smallest absolute Gasteiger partial charge is 0.163 e. The topological polar surface area (TPSA) is 20.3 Å². The average Bonchev–Trinajstić information content (AvgIpc) is 2.18. The number of benzene rings is 1. The van der Waals surface area contributed by atoms with Gasteiger partial charge in [0.1, 0.15) is 0 Å². The van der Waals surface area contributed by atoms with Crippen LogP contribution in [0.2, 0.25) is 0 Å². The van der Waals surface area contributed by atoms with Crippen molar-refractivity contribution in [1.29, 1.82) is 0 Å². The summed E-state index contributed by atoms with van der Waals surface area (Å²) in [6.45, 7) is 0. The molecule has 0 spiro atoms. The SMILES string of the molecule is CN(C)C.Cl.O=C1CCCc2ccccc21. The van der Waals surface area contributed by atoms with Gasteiger partial charge in [-0.2, -0.15) is 0 Å². The lowest BCUT2D eigenvalue weighted by atomic mass is 9.91. The van der Waals surface area contributed by atoms with E-state index in [0.717, 1.165) is 24.8 Å². The van der Waals surface area contributed by atoms with E-state index in [1.807, 2.05) is 50.3 Å². The quantitative estimate of drug-likeness (QED) is 0.696. The first-order valence-corrected chi connectivity index (χ1v) is 5.33. The van der Waals surface area contributed by atoms with Crippen LogP contribution in [0.15, 0.2) is 24.3 Å². The van der Waals surface area contributed by atoms with Crippen molar-refractivity contribution in [3.05, 3.63) is 35.4 Å². The number of Topliss-reactive ketones (excluding diaryl/α,β-unsaturated/α-hetero) is 1. The Morgan fingerprint density at radius 2 is 1.62 bits per heavy atom. The highest BCUT2D eigenvalue weighted by molar-refractivity contribution is 5.98. The number of rotatable bonds is 0. The van der Waals surface area contributed by atoms with E-state index in [0.29, 0.717) is 5.78 Å². The molecule has 2 rings (SSSR count). The second-order valence-electron chi connectivity index (χ2n) is 4.28. The lowest BCUT2D eigenvalue weighted by Crippen LogP contribution is -2.09. The van der Waals surface area contributed by atoms with Crippen molar-refractivity contribution in [2.45, 2.75) is 19.3 Å². The zero-order valence-corrected chi connectivity index (χ0v) is 11.0. The lowest BCUT2D eigenvalue weighted by molar-refractivity contribution is 0.0972. The van der Waals surface area contributed by atoms with Crippen LogP contribution in [0, 0.1) is 0 Å². The van der Waals surface area contributed by atoms with Gasteiger partial charge in [0.2, 0.25) is 0 Å². The summed E-state index contributed by atoms with van der Waals surface area (Å²) in [5.74, 6) is 0.312. The molecular formula is C13H20ClNO. The minimum atomic E-state index is 0. The molecular weight excluding hydrogens is 222 g/mol. The van der Waals surface area contributed by atoms with Crippen LogP contribution in [0.4, 0.5) is 0 Å². The van der Waals surface area contributed by atoms with E-state index in [-0.39, 0.29) is 12.4 Å². The van der Waals surface area contributed by atoms with Gasteiger partial charge in [-0.15, -0.1) is 12.4 Å². The van der Waals surface area contributed by atoms with Gasteiger partial charge in [-0.3, -0.25) is 4.79 Å². The molecule has 1 aliphatic carbocycles. The predicted molar refractivity (Wildman–Crippen MR) is 70.6 cm³/mol. The molecule has 16 heavy (non-hydrogen) atoms. The fourth-order valence-corrected chi connectivity index (χ4v) is 1.58. The molecule has 0 heterocycles. The highest BCUT2D eigenvalue weighted by Gasteiger charge is 2.14. The summed E-state index contributed by atoms with van der Waals surface area (Å²) in [4.78, 5) is 13.3. The van der Waals surface area contributed by atoms with Crippen LogP contribution in [0.1, 0.15) is 28.8 Å². The molecule has 0 fully saturated rings. The Bertz CT molecular complexity index is 334. The van der Waals surface area contributed by atoms with Crippen LogP contribution in [-0.2, 0) is 6.42 Å². The number of hydrogen-bond donors (Lipinski definition) is 0. The van der Waals surface area contributed by atoms with Crippen LogP contribution in [0.3, 0.4) is 0 Å². The van der Waals surface area contributed by atoms with Crippen molar-refractivity contribution < 1.29 is 4.79 Å². The van der Waals surface area contributed by atoms with Gasteiger partial charge in [-0.05, 0) is 39.5 Å². The first-order valence-electron chi connectivity index (χ1n) is 5.33. The Labute approximate surface area is 104 Å². The van der Waals surface area contributed by atoms with Crippen molar-refractivity contribution in [3.8, 4) is 0 Å². The van der Waals surface area contributed by atoms with Crippen LogP contribution in [0.5, 0.6) is 0 Å². The third-order valence-corrected chi connectivity index (χ3v) is 2.17. The maximum absolute atomic E-state index is 11.3. The number of nitrogens with zero attached hydrogens (tertiary/aromatic N) is 1. The van der Waals surface area contributed by atoms with E-state index in [9.17, 15) is 4.79 Å². The van der Waals surface area contributed by atoms with Crippen molar-refractivity contribution in [1.82, 2.24) is 4.90 Å². The van der Waals surface area contributed by atoms with Gasteiger partial charge < -0.3 is 4.90 Å². The van der Waals surface area contributed by atoms with E-state index in [1.165, 1.54) is 5.56 Å². The molecule has 3 heteroatoms. The molecule has 0 bridgehead atoms. The van der Waals surface area contributed by atoms with E-state index >= 15 is 0 Å². The van der Waals surface area contributed by atoms with Crippen LogP contribution in [-0.4, -0.2) is 31.8 Å². The number of halogens is 1. The summed E-state index contributed by atoms with van der Waals surface area (Å²) in [6, 6.07) is 7.91. The zero-order valence-electron chi connectivity index (χ0n) is 10.2. The summed E-state index contributed by atoms with van der Waals surface area (Å²) in [6.07, 6.45) is 2.83. The van der Waals surface area contributed by atoms with Crippen LogP contribution < -0.4 is 0 Å². The van der Waals surface area contributed by atoms with E-state index in [4.69, 9.17) is 0 Å². The van der Waals surface area contributed by atoms with Crippen molar-refractivity contribution in [3.63, 3.8) is 0 Å². The van der Waals surface area contributed by atoms with E-state index in [1.54, 1.807) is 0 Å². The fraction of sp³-hybridized carbons (Fsp3) is 0.462. The number of hydrogen-bond acceptors (Lipinski definition) is 2. The number of ketones is 1. The van der Waals surface area contributed by atoms with Crippen molar-refractivity contribution in [2.24, 2.45) is 0 Å². The monoisotopic (exact) mass is 241 g/mol. The summed E-state index contributed by atoms with van der Waals surface area (Å²) >= 11 is 0. The van der Waals surface area contributed by atoms with Gasteiger partial charge in [0, 0.05) is 12.0 Å². The second kappa shape index (κ2) is 7.42. The molecule has 0 amide bonds. The molecule has 0 saturated carbocycles. The largest absolute Gasteiger partial charge is 0.312 e. The van der Waals surface area contributed by atoms with Gasteiger partial charge >= 0.3 is 0 Å². The normalized spacial score (nSPS) is 13.4. The van der Waals surface area contributed by atoms with Crippen LogP contribution in [0.25, 0.3) is 0 Å². The minimum Gasteiger partial charge on any atom is -0.312 e. The third-order valence-electron chi connectivity index (χ3n) is 2.17. The van der Waals surface area contributed by atoms with Gasteiger partial charge in [-0.25, -0.2) is 0 Å². The standard InChI is InChI=1S/C10H10O.C3H9N.ClH/c11-10-7-3-5-8-4-1-2-6-9(8)10;1-4(2)3;/h1-2,4,6H,3,5,7H2;1-3H3;1H. The Morgan fingerprint density at radius 1 is 1.06 bits per heavy atom. The molecule has 0 aromatic heterocycles. The maximum atomic E-state index is 11.3. The van der Waals surface area contributed by atoms with Gasteiger partial charge in [0.25, 0.3) is 0 Å². The van der Waals surface area contributed by atoms with E-state index in [2.05, 4.69) is 0 Å². The molecule has 0 N–H and O–H groups in total. The first-order chi connectivity index (χ1) is 7.11. The molecule has 90 valence electrons. The van der Waals surface area contributed by atoms with Gasteiger partial charge in [0.05, 0.1) is 0 Å². The number of carbonyl (C=O) groups excluding carboxylic acids is 1. The summed E-state index contributed by atoms with van der Waals surface area (Å²) in [5, 5.41) is 0. The van der Waals surface area contributed by atoms with Gasteiger partial charge in [-0.1, -0.05) is 24.3 Å². The van der Waals surface area contributed by atoms with E-state index < -0.39 is 0 Å². The summed E-state index contributed by atoms with van der Waals surface area (Å²) < 4.78 is 0. The highest BCUT2D eigenvalue weighted by atomic mass is 35.5. The molecule has 1 aromatic rings. The molecule has 0 atom stereocenters. The molecule has 2 nitrogen and oxygen atoms in total. The third kappa shape index (κ3) is 4.77. The summed E-state index contributed by atoms with van der Waals surface area (Å²) in [7, 11) is 6.00. The highest BCUT2D eigenvalue weighted by Crippen LogP contribution is 2.19. The first kappa shape index (κ1) is 15.1. The van der Waals surface area contributed by atoms with Crippen molar-refractivity contribution in [2.75, 3.05) is 21.1 Å². The Hall–Kier alpha value is -0.860. The van der Waals surface area contributed by atoms with Crippen molar-refractivity contribution >= 4 is 18.2 Å². The molecule has 0 aliphatic heterocycles. The Morgan fingerprint density at radius 3 is 2.19 bits per heavy atom. The number of fused-ring (bicyclic) bond motifs is 1. The second-order valence-corrected chi connectivity index (χ2v) is 4.28. The number of aryl methyl sites for hydroxylation is 1. The minimum absolute atomic E-state index is 0. The average molecular weight is 242 g/mol. The predicted octanol–water partition coefficient (Wildman–Crippen LogP) is 2.81. The summed E-state index contributed by atoms with van der Waals surface area (Å²) in [5.41, 5.74) is 2.17. The maximum Gasteiger partial charge on any atom is 0.163 e. The Kier molecular flexibility index (Phi) is 7.02. The molecule has 0 saturated heterocycles. The number of carbonyl (C=O) groups is 1. The molecule has 0 unspecified atom stereocenters. The fourth-order valence-electron chi connectivity index (χ4n) is 1.58. The van der Waals surface area contributed by atoms with Crippen LogP contribution >= 0.6 is 12.4 Å². The molecule has 1 aliphatic rings. The zero-order chi connectivity index (χ0) is 11.3. The molecule has 0 radical (unpaired) electrons. The van der Waals surface area contributed by atoms with Gasteiger partial charge in [0.15, 0.2) is 5.78 Å². The Balaban J connectivity index is 0.000000397. The lowest BCUT2D eigenvalue weighted by Gasteiger charge is -2.12.